The zero-order valence-electron chi connectivity index (χ0n) is 10.7. The number of benzene rings is 1. The summed E-state index contributed by atoms with van der Waals surface area (Å²) in [4.78, 5) is 9.99. The number of hydrogen-bond donors (Lipinski definition) is 0. The maximum absolute atomic E-state index is 14.0. The third kappa shape index (κ3) is 2.69. The van der Waals surface area contributed by atoms with Crippen LogP contribution < -0.4 is 0 Å². The van der Waals surface area contributed by atoms with Gasteiger partial charge in [0, 0.05) is 12.6 Å². The Balaban J connectivity index is 2.51. The first-order chi connectivity index (χ1) is 9.58. The second-order valence-corrected chi connectivity index (χ2v) is 4.71. The average Bonchev–Trinajstić information content (AvgIpc) is 2.82. The van der Waals surface area contributed by atoms with Gasteiger partial charge >= 0.3 is 0 Å². The Kier molecular flexibility index (Phi) is 4.43. The molecule has 0 spiro atoms. The van der Waals surface area contributed by atoms with Gasteiger partial charge in [0.1, 0.15) is 11.6 Å². The molecular formula is C12H12BrFN4O2. The van der Waals surface area contributed by atoms with Crippen LogP contribution in [0.2, 0.25) is 0 Å². The standard InChI is InChI=1S/C12H12BrFN4O2/c1-2-5-17-11(7-13)15-16-12(17)9-4-3-8(18(19)20)6-10(9)14/h3-4,6H,2,5,7H2,1H3. The number of hydrogen-bond acceptors (Lipinski definition) is 4. The van der Waals surface area contributed by atoms with Crippen LogP contribution in [-0.2, 0) is 11.9 Å². The quantitative estimate of drug-likeness (QED) is 0.474. The minimum absolute atomic E-state index is 0.212. The van der Waals surface area contributed by atoms with Crippen LogP contribution in [0.15, 0.2) is 18.2 Å². The Morgan fingerprint density at radius 3 is 2.75 bits per heavy atom. The van der Waals surface area contributed by atoms with Crippen molar-refractivity contribution in [3.63, 3.8) is 0 Å². The van der Waals surface area contributed by atoms with Crippen molar-refractivity contribution >= 4 is 21.6 Å². The maximum atomic E-state index is 14.0. The lowest BCUT2D eigenvalue weighted by molar-refractivity contribution is -0.385. The number of non-ortho nitro benzene ring substituents is 1. The van der Waals surface area contributed by atoms with Gasteiger partial charge in [0.05, 0.1) is 21.9 Å². The Labute approximate surface area is 122 Å². The molecule has 0 amide bonds. The van der Waals surface area contributed by atoms with E-state index in [1.165, 1.54) is 12.1 Å². The highest BCUT2D eigenvalue weighted by molar-refractivity contribution is 9.08. The Bertz CT molecular complexity index is 644. The predicted octanol–water partition coefficient (Wildman–Crippen LogP) is 3.30. The van der Waals surface area contributed by atoms with Crippen LogP contribution in [-0.4, -0.2) is 19.7 Å². The van der Waals surface area contributed by atoms with E-state index in [1.54, 1.807) is 4.57 Å². The van der Waals surface area contributed by atoms with Crippen LogP contribution in [0.25, 0.3) is 11.4 Å². The molecule has 0 aliphatic rings. The van der Waals surface area contributed by atoms with Gasteiger partial charge in [-0.2, -0.15) is 0 Å². The highest BCUT2D eigenvalue weighted by Gasteiger charge is 2.18. The van der Waals surface area contributed by atoms with E-state index in [-0.39, 0.29) is 11.3 Å². The van der Waals surface area contributed by atoms with Gasteiger partial charge in [-0.05, 0) is 12.5 Å². The second kappa shape index (κ2) is 6.08. The van der Waals surface area contributed by atoms with Crippen LogP contribution >= 0.6 is 15.9 Å². The number of nitro groups is 1. The van der Waals surface area contributed by atoms with E-state index in [0.717, 1.165) is 12.5 Å². The zero-order valence-corrected chi connectivity index (χ0v) is 12.3. The maximum Gasteiger partial charge on any atom is 0.272 e. The van der Waals surface area contributed by atoms with Gasteiger partial charge in [-0.15, -0.1) is 10.2 Å². The molecule has 2 rings (SSSR count). The fraction of sp³-hybridized carbons (Fsp3) is 0.333. The van der Waals surface area contributed by atoms with E-state index < -0.39 is 10.7 Å². The van der Waals surface area contributed by atoms with Crippen LogP contribution in [0.1, 0.15) is 19.2 Å². The van der Waals surface area contributed by atoms with E-state index >= 15 is 0 Å². The summed E-state index contributed by atoms with van der Waals surface area (Å²) in [5.74, 6) is 0.401. The van der Waals surface area contributed by atoms with Crippen molar-refractivity contribution in [2.45, 2.75) is 25.2 Å². The van der Waals surface area contributed by atoms with Gasteiger partial charge in [-0.1, -0.05) is 22.9 Å². The predicted molar refractivity (Wildman–Crippen MR) is 75.0 cm³/mol. The normalized spacial score (nSPS) is 10.8. The molecule has 0 bridgehead atoms. The molecule has 0 aliphatic carbocycles. The number of nitro benzene ring substituents is 1. The lowest BCUT2D eigenvalue weighted by Crippen LogP contribution is -2.04. The Hall–Kier alpha value is -1.83. The van der Waals surface area contributed by atoms with Gasteiger partial charge in [0.25, 0.3) is 5.69 Å². The minimum atomic E-state index is -0.676. The molecule has 0 saturated heterocycles. The van der Waals surface area contributed by atoms with Crippen molar-refractivity contribution in [3.8, 4) is 11.4 Å². The molecule has 20 heavy (non-hydrogen) atoms. The van der Waals surface area contributed by atoms with Crippen molar-refractivity contribution in [1.29, 1.82) is 0 Å². The zero-order chi connectivity index (χ0) is 14.7. The SMILES string of the molecule is CCCn1c(CBr)nnc1-c1ccc([N+](=O)[O-])cc1F. The van der Waals surface area contributed by atoms with Gasteiger partial charge in [-0.25, -0.2) is 4.39 Å². The highest BCUT2D eigenvalue weighted by Crippen LogP contribution is 2.26. The number of aromatic nitrogens is 3. The fourth-order valence-electron chi connectivity index (χ4n) is 1.89. The molecule has 0 N–H and O–H groups in total. The van der Waals surface area contributed by atoms with Crippen molar-refractivity contribution in [3.05, 3.63) is 40.0 Å². The van der Waals surface area contributed by atoms with Crippen molar-refractivity contribution in [1.82, 2.24) is 14.8 Å². The Morgan fingerprint density at radius 1 is 1.45 bits per heavy atom. The summed E-state index contributed by atoms with van der Waals surface area (Å²) in [6.45, 7) is 2.65. The summed E-state index contributed by atoms with van der Waals surface area (Å²) in [5, 5.41) is 19.1. The van der Waals surface area contributed by atoms with Crippen LogP contribution in [0.4, 0.5) is 10.1 Å². The number of rotatable bonds is 5. The fourth-order valence-corrected chi connectivity index (χ4v) is 2.31. The minimum Gasteiger partial charge on any atom is -0.310 e. The van der Waals surface area contributed by atoms with E-state index in [0.29, 0.717) is 23.5 Å². The van der Waals surface area contributed by atoms with Crippen molar-refractivity contribution in [2.75, 3.05) is 0 Å². The summed E-state index contributed by atoms with van der Waals surface area (Å²) >= 11 is 3.31. The van der Waals surface area contributed by atoms with Crippen LogP contribution in [0.5, 0.6) is 0 Å². The van der Waals surface area contributed by atoms with E-state index in [2.05, 4.69) is 26.1 Å². The molecule has 0 fully saturated rings. The third-order valence-electron chi connectivity index (χ3n) is 2.80. The van der Waals surface area contributed by atoms with Crippen LogP contribution in [0.3, 0.4) is 0 Å². The van der Waals surface area contributed by atoms with Gasteiger partial charge in [-0.3, -0.25) is 10.1 Å². The van der Waals surface area contributed by atoms with E-state index in [1.807, 2.05) is 6.92 Å². The molecule has 1 aromatic heterocycles. The van der Waals surface area contributed by atoms with Crippen molar-refractivity contribution < 1.29 is 9.31 Å². The summed E-state index contributed by atoms with van der Waals surface area (Å²) < 4.78 is 15.8. The molecule has 106 valence electrons. The van der Waals surface area contributed by atoms with Crippen LogP contribution in [0, 0.1) is 15.9 Å². The molecular weight excluding hydrogens is 331 g/mol. The molecule has 0 atom stereocenters. The molecule has 6 nitrogen and oxygen atoms in total. The molecule has 1 aromatic carbocycles. The van der Waals surface area contributed by atoms with E-state index in [4.69, 9.17) is 0 Å². The first kappa shape index (κ1) is 14.6. The molecule has 0 unspecified atom stereocenters. The van der Waals surface area contributed by atoms with Gasteiger partial charge in [0.15, 0.2) is 5.82 Å². The van der Waals surface area contributed by atoms with Gasteiger partial charge in [0.2, 0.25) is 0 Å². The first-order valence-electron chi connectivity index (χ1n) is 6.00. The lowest BCUT2D eigenvalue weighted by Gasteiger charge is -2.08. The molecule has 2 aromatic rings. The summed E-state index contributed by atoms with van der Waals surface area (Å²) in [6, 6.07) is 3.52. The highest BCUT2D eigenvalue weighted by atomic mass is 79.9. The van der Waals surface area contributed by atoms with E-state index in [9.17, 15) is 14.5 Å². The largest absolute Gasteiger partial charge is 0.310 e. The number of halogens is 2. The molecule has 0 radical (unpaired) electrons. The molecule has 1 heterocycles. The smallest absolute Gasteiger partial charge is 0.272 e. The molecule has 0 aliphatic heterocycles. The van der Waals surface area contributed by atoms with Gasteiger partial charge < -0.3 is 4.57 Å². The Morgan fingerprint density at radius 2 is 2.20 bits per heavy atom. The average molecular weight is 343 g/mol. The summed E-state index contributed by atoms with van der Waals surface area (Å²) in [5.41, 5.74) is -0.0720. The topological polar surface area (TPSA) is 73.8 Å². The number of alkyl halides is 1. The summed E-state index contributed by atoms with van der Waals surface area (Å²) in [6.07, 6.45) is 0.847. The monoisotopic (exact) mass is 342 g/mol. The molecule has 8 heteroatoms. The second-order valence-electron chi connectivity index (χ2n) is 4.15. The molecule has 0 saturated carbocycles. The summed E-state index contributed by atoms with van der Waals surface area (Å²) in [7, 11) is 0. The first-order valence-corrected chi connectivity index (χ1v) is 7.13. The lowest BCUT2D eigenvalue weighted by atomic mass is 10.1. The van der Waals surface area contributed by atoms with Crippen molar-refractivity contribution in [2.24, 2.45) is 0 Å². The number of nitrogens with zero attached hydrogens (tertiary/aromatic N) is 4. The third-order valence-corrected chi connectivity index (χ3v) is 3.30.